The average molecular weight is 235 g/mol. The molecule has 2 nitrogen and oxygen atoms in total. The van der Waals surface area contributed by atoms with E-state index in [2.05, 4.69) is 19.2 Å². The van der Waals surface area contributed by atoms with Crippen molar-refractivity contribution < 1.29 is 4.79 Å². The van der Waals surface area contributed by atoms with E-state index in [4.69, 9.17) is 0 Å². The van der Waals surface area contributed by atoms with E-state index in [0.29, 0.717) is 23.8 Å². The third-order valence-corrected chi connectivity index (χ3v) is 5.37. The molecular weight excluding hydrogens is 210 g/mol. The van der Waals surface area contributed by atoms with Crippen LogP contribution >= 0.6 is 0 Å². The largest absolute Gasteiger partial charge is 0.353 e. The van der Waals surface area contributed by atoms with Gasteiger partial charge in [-0.1, -0.05) is 13.8 Å². The van der Waals surface area contributed by atoms with Crippen LogP contribution in [0.4, 0.5) is 0 Å². The van der Waals surface area contributed by atoms with E-state index >= 15 is 0 Å². The lowest BCUT2D eigenvalue weighted by atomic mass is 9.79. The predicted molar refractivity (Wildman–Crippen MR) is 68.4 cm³/mol. The summed E-state index contributed by atoms with van der Waals surface area (Å²) in [4.78, 5) is 12.2. The smallest absolute Gasteiger partial charge is 0.223 e. The molecule has 17 heavy (non-hydrogen) atoms. The van der Waals surface area contributed by atoms with E-state index in [1.807, 2.05) is 0 Å². The minimum absolute atomic E-state index is 0.352. The monoisotopic (exact) mass is 235 g/mol. The van der Waals surface area contributed by atoms with Crippen LogP contribution in [0.25, 0.3) is 0 Å². The molecule has 0 aromatic heterocycles. The molecule has 3 aliphatic carbocycles. The van der Waals surface area contributed by atoms with Crippen LogP contribution in [0.5, 0.6) is 0 Å². The van der Waals surface area contributed by atoms with Gasteiger partial charge in [-0.15, -0.1) is 0 Å². The Balaban J connectivity index is 1.50. The molecule has 2 heteroatoms. The lowest BCUT2D eigenvalue weighted by molar-refractivity contribution is -0.126. The van der Waals surface area contributed by atoms with E-state index < -0.39 is 0 Å². The first kappa shape index (κ1) is 11.6. The molecule has 0 saturated heterocycles. The lowest BCUT2D eigenvalue weighted by Crippen LogP contribution is -2.44. The number of amides is 1. The highest BCUT2D eigenvalue weighted by atomic mass is 16.1. The summed E-state index contributed by atoms with van der Waals surface area (Å²) in [5, 5.41) is 3.33. The summed E-state index contributed by atoms with van der Waals surface area (Å²) >= 11 is 0. The molecule has 5 unspecified atom stereocenters. The van der Waals surface area contributed by atoms with Gasteiger partial charge >= 0.3 is 0 Å². The summed E-state index contributed by atoms with van der Waals surface area (Å²) in [6.07, 6.45) is 7.50. The number of carbonyl (C=O) groups excluding carboxylic acids is 1. The minimum atomic E-state index is 0.352. The summed E-state index contributed by atoms with van der Waals surface area (Å²) in [6, 6.07) is 0.454. The molecule has 5 atom stereocenters. The van der Waals surface area contributed by atoms with Crippen LogP contribution in [0.1, 0.15) is 52.4 Å². The second-order valence-corrected chi connectivity index (χ2v) is 6.93. The third kappa shape index (κ3) is 2.36. The molecule has 0 radical (unpaired) electrons. The first-order valence-corrected chi connectivity index (χ1v) is 7.44. The predicted octanol–water partition coefficient (Wildman–Crippen LogP) is 2.97. The Labute approximate surface area is 105 Å². The van der Waals surface area contributed by atoms with E-state index in [1.165, 1.54) is 38.5 Å². The second-order valence-electron chi connectivity index (χ2n) is 6.93. The molecule has 3 aliphatic rings. The SMILES string of the molecule is CC1CCC(NC(=O)C2CC3CC3C2)C(C)C1. The maximum Gasteiger partial charge on any atom is 0.223 e. The zero-order valence-electron chi connectivity index (χ0n) is 11.1. The van der Waals surface area contributed by atoms with Crippen LogP contribution in [0, 0.1) is 29.6 Å². The first-order chi connectivity index (χ1) is 8.13. The topological polar surface area (TPSA) is 29.1 Å². The molecule has 0 spiro atoms. The van der Waals surface area contributed by atoms with Gasteiger partial charge in [0.2, 0.25) is 5.91 Å². The van der Waals surface area contributed by atoms with Crippen molar-refractivity contribution in [2.75, 3.05) is 0 Å². The molecule has 3 saturated carbocycles. The number of carbonyl (C=O) groups is 1. The average Bonchev–Trinajstić information content (AvgIpc) is 2.89. The van der Waals surface area contributed by atoms with E-state index in [9.17, 15) is 4.79 Å². The first-order valence-electron chi connectivity index (χ1n) is 7.44. The molecule has 0 aromatic carbocycles. The summed E-state index contributed by atoms with van der Waals surface area (Å²) < 4.78 is 0. The summed E-state index contributed by atoms with van der Waals surface area (Å²) in [6.45, 7) is 4.63. The van der Waals surface area contributed by atoms with Crippen LogP contribution < -0.4 is 5.32 Å². The molecule has 96 valence electrons. The molecular formula is C15H25NO. The van der Waals surface area contributed by atoms with Gasteiger partial charge in [-0.3, -0.25) is 4.79 Å². The standard InChI is InChI=1S/C15H25NO/c1-9-3-4-14(10(2)5-9)16-15(17)13-7-11-6-12(11)8-13/h9-14H,3-8H2,1-2H3,(H,16,17). The highest BCUT2D eigenvalue weighted by Crippen LogP contribution is 2.54. The number of nitrogens with one attached hydrogen (secondary N) is 1. The van der Waals surface area contributed by atoms with Gasteiger partial charge in [0.25, 0.3) is 0 Å². The summed E-state index contributed by atoms with van der Waals surface area (Å²) in [7, 11) is 0. The van der Waals surface area contributed by atoms with Crippen LogP contribution in [0.2, 0.25) is 0 Å². The fraction of sp³-hybridized carbons (Fsp3) is 0.933. The molecule has 3 rings (SSSR count). The van der Waals surface area contributed by atoms with Crippen LogP contribution in [-0.4, -0.2) is 11.9 Å². The Hall–Kier alpha value is -0.530. The summed E-state index contributed by atoms with van der Waals surface area (Å²) in [5.41, 5.74) is 0. The number of hydrogen-bond acceptors (Lipinski definition) is 1. The highest BCUT2D eigenvalue weighted by Gasteiger charge is 2.48. The van der Waals surface area contributed by atoms with Gasteiger partial charge in [-0.2, -0.15) is 0 Å². The summed E-state index contributed by atoms with van der Waals surface area (Å²) in [5.74, 6) is 4.05. The molecule has 0 aliphatic heterocycles. The van der Waals surface area contributed by atoms with Crippen molar-refractivity contribution in [3.8, 4) is 0 Å². The van der Waals surface area contributed by atoms with Gasteiger partial charge in [0.15, 0.2) is 0 Å². The van der Waals surface area contributed by atoms with Crippen molar-refractivity contribution >= 4 is 5.91 Å². The number of hydrogen-bond donors (Lipinski definition) is 1. The molecule has 0 bridgehead atoms. The van der Waals surface area contributed by atoms with Crippen molar-refractivity contribution in [3.05, 3.63) is 0 Å². The fourth-order valence-electron chi connectivity index (χ4n) is 4.11. The Morgan fingerprint density at radius 2 is 1.71 bits per heavy atom. The van der Waals surface area contributed by atoms with Gasteiger partial charge in [-0.05, 0) is 62.2 Å². The van der Waals surface area contributed by atoms with Gasteiger partial charge in [0, 0.05) is 12.0 Å². The highest BCUT2D eigenvalue weighted by molar-refractivity contribution is 5.79. The molecule has 1 N–H and O–H groups in total. The fourth-order valence-corrected chi connectivity index (χ4v) is 4.11. The van der Waals surface area contributed by atoms with E-state index in [-0.39, 0.29) is 0 Å². The maximum absolute atomic E-state index is 12.2. The van der Waals surface area contributed by atoms with Crippen LogP contribution in [0.15, 0.2) is 0 Å². The zero-order valence-corrected chi connectivity index (χ0v) is 11.1. The van der Waals surface area contributed by atoms with Crippen molar-refractivity contribution in [2.24, 2.45) is 29.6 Å². The van der Waals surface area contributed by atoms with Crippen molar-refractivity contribution in [2.45, 2.75) is 58.4 Å². The quantitative estimate of drug-likeness (QED) is 0.783. The van der Waals surface area contributed by atoms with Crippen LogP contribution in [-0.2, 0) is 4.79 Å². The number of rotatable bonds is 2. The Morgan fingerprint density at radius 1 is 1.00 bits per heavy atom. The third-order valence-electron chi connectivity index (χ3n) is 5.37. The van der Waals surface area contributed by atoms with Crippen molar-refractivity contribution in [1.29, 1.82) is 0 Å². The zero-order chi connectivity index (χ0) is 12.0. The van der Waals surface area contributed by atoms with Crippen molar-refractivity contribution in [1.82, 2.24) is 5.32 Å². The van der Waals surface area contributed by atoms with Gasteiger partial charge in [0.1, 0.15) is 0 Å². The van der Waals surface area contributed by atoms with E-state index in [1.54, 1.807) is 0 Å². The Morgan fingerprint density at radius 3 is 2.35 bits per heavy atom. The van der Waals surface area contributed by atoms with Crippen molar-refractivity contribution in [3.63, 3.8) is 0 Å². The van der Waals surface area contributed by atoms with Gasteiger partial charge in [-0.25, -0.2) is 0 Å². The maximum atomic E-state index is 12.2. The Kier molecular flexibility index (Phi) is 2.92. The normalized spacial score (nSPS) is 48.6. The molecule has 1 amide bonds. The van der Waals surface area contributed by atoms with E-state index in [0.717, 1.165) is 17.8 Å². The Bertz CT molecular complexity index is 304. The molecule has 0 aromatic rings. The molecule has 3 fully saturated rings. The number of fused-ring (bicyclic) bond motifs is 1. The van der Waals surface area contributed by atoms with Gasteiger partial charge in [0.05, 0.1) is 0 Å². The van der Waals surface area contributed by atoms with Gasteiger partial charge < -0.3 is 5.32 Å². The minimum Gasteiger partial charge on any atom is -0.353 e. The lowest BCUT2D eigenvalue weighted by Gasteiger charge is -2.33. The second kappa shape index (κ2) is 4.29. The van der Waals surface area contributed by atoms with Crippen LogP contribution in [0.3, 0.4) is 0 Å². The molecule has 0 heterocycles.